The van der Waals surface area contributed by atoms with E-state index in [1.807, 2.05) is 0 Å². The monoisotopic (exact) mass is 346 g/mol. The number of benzene rings is 1. The molecule has 0 saturated carbocycles. The van der Waals surface area contributed by atoms with Crippen molar-refractivity contribution in [3.8, 4) is 17.2 Å². The van der Waals surface area contributed by atoms with E-state index in [9.17, 15) is 14.7 Å². The molecule has 1 aromatic heterocycles. The molecule has 132 valence electrons. The zero-order chi connectivity index (χ0) is 18.0. The number of methoxy groups -OCH3 is 1. The lowest BCUT2D eigenvalue weighted by molar-refractivity contribution is -0.140. The Kier molecular flexibility index (Phi) is 4.65. The van der Waals surface area contributed by atoms with Crippen molar-refractivity contribution < 1.29 is 28.5 Å². The fraction of sp³-hybridized carbons (Fsp3) is 0.333. The van der Waals surface area contributed by atoms with Gasteiger partial charge in [0.05, 0.1) is 19.1 Å². The van der Waals surface area contributed by atoms with Crippen molar-refractivity contribution in [1.82, 2.24) is 0 Å². The highest BCUT2D eigenvalue weighted by molar-refractivity contribution is 5.71. The van der Waals surface area contributed by atoms with Crippen LogP contribution in [-0.4, -0.2) is 31.4 Å². The third-order valence-electron chi connectivity index (χ3n) is 4.01. The van der Waals surface area contributed by atoms with Crippen molar-refractivity contribution in [1.29, 1.82) is 0 Å². The van der Waals surface area contributed by atoms with E-state index in [4.69, 9.17) is 18.6 Å². The summed E-state index contributed by atoms with van der Waals surface area (Å²) in [7, 11) is 1.26. The van der Waals surface area contributed by atoms with Gasteiger partial charge in [-0.15, -0.1) is 0 Å². The molecular weight excluding hydrogens is 328 g/mol. The molecule has 0 radical (unpaired) electrons. The summed E-state index contributed by atoms with van der Waals surface area (Å²) in [5.41, 5.74) is -0.0740. The molecule has 1 aromatic carbocycles. The van der Waals surface area contributed by atoms with Crippen molar-refractivity contribution in [2.45, 2.75) is 19.3 Å². The average Bonchev–Trinajstić information content (AvgIpc) is 2.59. The Morgan fingerprint density at radius 3 is 2.64 bits per heavy atom. The molecule has 0 fully saturated rings. The second kappa shape index (κ2) is 6.88. The summed E-state index contributed by atoms with van der Waals surface area (Å²) in [4.78, 5) is 24.2. The van der Waals surface area contributed by atoms with Gasteiger partial charge in [-0.25, -0.2) is 4.79 Å². The minimum absolute atomic E-state index is 0.00711. The second-order valence-electron chi connectivity index (χ2n) is 5.68. The molecule has 1 aliphatic heterocycles. The van der Waals surface area contributed by atoms with Crippen LogP contribution in [0.25, 0.3) is 0 Å². The van der Waals surface area contributed by atoms with Crippen LogP contribution in [0, 0.1) is 6.92 Å². The average molecular weight is 346 g/mol. The third kappa shape index (κ3) is 3.45. The summed E-state index contributed by atoms with van der Waals surface area (Å²) in [6.45, 7) is 2.43. The molecular formula is C18H18O7. The Bertz CT molecular complexity index is 853. The molecule has 2 heterocycles. The molecule has 1 N–H and O–H groups in total. The SMILES string of the molecule is COC(=O)C[C@@H](c1ccc2c(c1)OCCO2)c1c(O)cc(C)oc1=O. The number of aromatic hydroxyl groups is 1. The highest BCUT2D eigenvalue weighted by Gasteiger charge is 2.27. The Labute approximate surface area is 143 Å². The van der Waals surface area contributed by atoms with E-state index < -0.39 is 17.5 Å². The molecule has 0 bridgehead atoms. The van der Waals surface area contributed by atoms with Gasteiger partial charge in [0.25, 0.3) is 0 Å². The van der Waals surface area contributed by atoms with E-state index in [1.165, 1.54) is 13.2 Å². The topological polar surface area (TPSA) is 95.2 Å². The third-order valence-corrected chi connectivity index (χ3v) is 4.01. The first-order chi connectivity index (χ1) is 12.0. The largest absolute Gasteiger partial charge is 0.507 e. The van der Waals surface area contributed by atoms with Gasteiger partial charge in [-0.3, -0.25) is 4.79 Å². The Balaban J connectivity index is 2.10. The van der Waals surface area contributed by atoms with Crippen LogP contribution in [0.5, 0.6) is 17.2 Å². The molecule has 0 saturated heterocycles. The van der Waals surface area contributed by atoms with Gasteiger partial charge in [-0.1, -0.05) is 6.07 Å². The first-order valence-corrected chi connectivity index (χ1v) is 7.79. The number of ether oxygens (including phenoxy) is 3. The maximum Gasteiger partial charge on any atom is 0.343 e. The van der Waals surface area contributed by atoms with Gasteiger partial charge in [0.2, 0.25) is 0 Å². The number of carbonyl (C=O) groups excluding carboxylic acids is 1. The van der Waals surface area contributed by atoms with Crippen molar-refractivity contribution in [3.63, 3.8) is 0 Å². The fourth-order valence-corrected chi connectivity index (χ4v) is 2.84. The van der Waals surface area contributed by atoms with E-state index in [-0.39, 0.29) is 23.5 Å². The Morgan fingerprint density at radius 1 is 1.24 bits per heavy atom. The fourth-order valence-electron chi connectivity index (χ4n) is 2.84. The summed E-state index contributed by atoms with van der Waals surface area (Å²) in [6.07, 6.45) is -0.127. The number of hydrogen-bond acceptors (Lipinski definition) is 7. The maximum absolute atomic E-state index is 12.3. The molecule has 7 nitrogen and oxygen atoms in total. The van der Waals surface area contributed by atoms with Crippen LogP contribution in [-0.2, 0) is 9.53 Å². The summed E-state index contributed by atoms with van der Waals surface area (Å²) < 4.78 is 20.9. The first kappa shape index (κ1) is 16.9. The second-order valence-corrected chi connectivity index (χ2v) is 5.68. The van der Waals surface area contributed by atoms with E-state index >= 15 is 0 Å². The van der Waals surface area contributed by atoms with Crippen LogP contribution in [0.1, 0.15) is 29.2 Å². The van der Waals surface area contributed by atoms with Crippen molar-refractivity contribution in [2.75, 3.05) is 20.3 Å². The predicted molar refractivity (Wildman–Crippen MR) is 87.3 cm³/mol. The van der Waals surface area contributed by atoms with Gasteiger partial charge in [-0.2, -0.15) is 0 Å². The summed E-state index contributed by atoms with van der Waals surface area (Å²) in [5, 5.41) is 10.3. The predicted octanol–water partition coefficient (Wildman–Crippen LogP) is 2.12. The van der Waals surface area contributed by atoms with Crippen LogP contribution in [0.2, 0.25) is 0 Å². The van der Waals surface area contributed by atoms with Crippen molar-refractivity contribution in [3.05, 3.63) is 51.6 Å². The number of hydrogen-bond donors (Lipinski definition) is 1. The van der Waals surface area contributed by atoms with Crippen LogP contribution < -0.4 is 15.1 Å². The van der Waals surface area contributed by atoms with E-state index in [0.29, 0.717) is 30.3 Å². The van der Waals surface area contributed by atoms with Gasteiger partial charge in [0.1, 0.15) is 24.7 Å². The molecule has 25 heavy (non-hydrogen) atoms. The van der Waals surface area contributed by atoms with Crippen molar-refractivity contribution >= 4 is 5.97 Å². The number of carbonyl (C=O) groups is 1. The van der Waals surface area contributed by atoms with Crippen LogP contribution in [0.3, 0.4) is 0 Å². The summed E-state index contributed by atoms with van der Waals surface area (Å²) in [6, 6.07) is 6.47. The zero-order valence-corrected chi connectivity index (χ0v) is 13.9. The van der Waals surface area contributed by atoms with Crippen LogP contribution >= 0.6 is 0 Å². The molecule has 1 atom stereocenters. The van der Waals surface area contributed by atoms with Gasteiger partial charge in [0, 0.05) is 12.0 Å². The molecule has 0 unspecified atom stereocenters. The number of fused-ring (bicyclic) bond motifs is 1. The molecule has 3 rings (SSSR count). The molecule has 1 aliphatic rings. The minimum Gasteiger partial charge on any atom is -0.507 e. The van der Waals surface area contributed by atoms with E-state index in [1.54, 1.807) is 25.1 Å². The summed E-state index contributed by atoms with van der Waals surface area (Å²) >= 11 is 0. The number of rotatable bonds is 4. The molecule has 7 heteroatoms. The number of aryl methyl sites for hydroxylation is 1. The number of esters is 1. The first-order valence-electron chi connectivity index (χ1n) is 7.79. The summed E-state index contributed by atoms with van der Waals surface area (Å²) in [5.74, 6) is -0.0799. The quantitative estimate of drug-likeness (QED) is 0.847. The molecule has 0 amide bonds. The van der Waals surface area contributed by atoms with E-state index in [0.717, 1.165) is 0 Å². The smallest absolute Gasteiger partial charge is 0.343 e. The molecule has 0 spiro atoms. The van der Waals surface area contributed by atoms with Crippen LogP contribution in [0.4, 0.5) is 0 Å². The minimum atomic E-state index is -0.736. The van der Waals surface area contributed by atoms with Crippen molar-refractivity contribution in [2.24, 2.45) is 0 Å². The van der Waals surface area contributed by atoms with Gasteiger partial charge < -0.3 is 23.7 Å². The highest BCUT2D eigenvalue weighted by atomic mass is 16.6. The Morgan fingerprint density at radius 2 is 1.96 bits per heavy atom. The van der Waals surface area contributed by atoms with E-state index in [2.05, 4.69) is 0 Å². The highest BCUT2D eigenvalue weighted by Crippen LogP contribution is 2.38. The van der Waals surface area contributed by atoms with Gasteiger partial charge >= 0.3 is 11.6 Å². The lowest BCUT2D eigenvalue weighted by Crippen LogP contribution is -2.19. The Hall–Kier alpha value is -2.96. The van der Waals surface area contributed by atoms with Crippen LogP contribution in [0.15, 0.2) is 33.5 Å². The zero-order valence-electron chi connectivity index (χ0n) is 13.9. The molecule has 2 aromatic rings. The lowest BCUT2D eigenvalue weighted by Gasteiger charge is -2.22. The lowest BCUT2D eigenvalue weighted by atomic mass is 9.88. The molecule has 0 aliphatic carbocycles. The maximum atomic E-state index is 12.3. The van der Waals surface area contributed by atoms with Gasteiger partial charge in [0.15, 0.2) is 11.5 Å². The van der Waals surface area contributed by atoms with Gasteiger partial charge in [-0.05, 0) is 24.6 Å². The standard InChI is InChI=1S/C18H18O7/c1-10-7-13(19)17(18(21)25-10)12(9-16(20)22-2)11-3-4-14-15(8-11)24-6-5-23-14/h3-4,7-8,12,19H,5-6,9H2,1-2H3/t12-/m0/s1. The normalized spacial score (nSPS) is 14.0.